The second kappa shape index (κ2) is 9.94. The number of nitrogens with one attached hydrogen (secondary N) is 1. The number of amides is 1. The molecule has 0 aliphatic heterocycles. The van der Waals surface area contributed by atoms with Gasteiger partial charge in [0.15, 0.2) is 0 Å². The van der Waals surface area contributed by atoms with Crippen LogP contribution in [0.4, 0.5) is 5.69 Å². The average Bonchev–Trinajstić information content (AvgIpc) is 3.27. The predicted octanol–water partition coefficient (Wildman–Crippen LogP) is 3.33. The molecule has 1 N–H and O–H groups in total. The van der Waals surface area contributed by atoms with Crippen molar-refractivity contribution < 1.29 is 22.4 Å². The Kier molecular flexibility index (Phi) is 7.09. The molecule has 0 spiro atoms. The summed E-state index contributed by atoms with van der Waals surface area (Å²) in [6.45, 7) is 3.76. The Labute approximate surface area is 181 Å². The minimum atomic E-state index is -4.02. The van der Waals surface area contributed by atoms with Crippen molar-refractivity contribution >= 4 is 27.8 Å². The molecule has 3 rings (SSSR count). The Balaban J connectivity index is 1.85. The highest BCUT2D eigenvalue weighted by Crippen LogP contribution is 2.25. The summed E-state index contributed by atoms with van der Waals surface area (Å²) in [7, 11) is -4.02. The SMILES string of the molecule is CCOc1ccc(S(=O)(=O)N(CC(=O)N/N=C/c2ccco2)c2ccc(C)cc2)cc1. The summed E-state index contributed by atoms with van der Waals surface area (Å²) < 4.78 is 38.2. The first-order valence-electron chi connectivity index (χ1n) is 9.58. The maximum atomic E-state index is 13.3. The van der Waals surface area contributed by atoms with Crippen molar-refractivity contribution in [2.24, 2.45) is 5.10 Å². The van der Waals surface area contributed by atoms with Gasteiger partial charge in [0, 0.05) is 0 Å². The van der Waals surface area contributed by atoms with Crippen molar-refractivity contribution in [2.45, 2.75) is 18.7 Å². The number of benzene rings is 2. The summed E-state index contributed by atoms with van der Waals surface area (Å²) in [6, 6.07) is 16.3. The molecule has 0 aliphatic carbocycles. The molecular formula is C22H23N3O5S. The van der Waals surface area contributed by atoms with E-state index in [1.54, 1.807) is 48.5 Å². The van der Waals surface area contributed by atoms with Gasteiger partial charge < -0.3 is 9.15 Å². The number of hydrogen-bond donors (Lipinski definition) is 1. The van der Waals surface area contributed by atoms with Crippen molar-refractivity contribution in [3.8, 4) is 5.75 Å². The zero-order valence-corrected chi connectivity index (χ0v) is 18.0. The van der Waals surface area contributed by atoms with Crippen LogP contribution in [0.25, 0.3) is 0 Å². The van der Waals surface area contributed by atoms with Crippen LogP contribution in [0.5, 0.6) is 5.75 Å². The van der Waals surface area contributed by atoms with E-state index in [4.69, 9.17) is 9.15 Å². The number of carbonyl (C=O) groups is 1. The molecule has 2 aromatic carbocycles. The third-order valence-electron chi connectivity index (χ3n) is 4.26. The Bertz CT molecular complexity index is 1120. The van der Waals surface area contributed by atoms with Crippen LogP contribution in [0.2, 0.25) is 0 Å². The lowest BCUT2D eigenvalue weighted by atomic mass is 10.2. The van der Waals surface area contributed by atoms with Crippen LogP contribution in [0.3, 0.4) is 0 Å². The Morgan fingerprint density at radius 3 is 2.45 bits per heavy atom. The number of carbonyl (C=O) groups excluding carboxylic acids is 1. The first kappa shape index (κ1) is 22.1. The summed E-state index contributed by atoms with van der Waals surface area (Å²) in [6.07, 6.45) is 2.81. The fourth-order valence-corrected chi connectivity index (χ4v) is 4.15. The van der Waals surface area contributed by atoms with Crippen molar-refractivity contribution in [1.82, 2.24) is 5.43 Å². The molecular weight excluding hydrogens is 418 g/mol. The van der Waals surface area contributed by atoms with E-state index in [0.29, 0.717) is 23.8 Å². The lowest BCUT2D eigenvalue weighted by Gasteiger charge is -2.24. The van der Waals surface area contributed by atoms with Gasteiger partial charge in [-0.25, -0.2) is 13.8 Å². The van der Waals surface area contributed by atoms with Gasteiger partial charge in [-0.05, 0) is 62.4 Å². The van der Waals surface area contributed by atoms with Crippen LogP contribution in [0.15, 0.2) is 81.3 Å². The van der Waals surface area contributed by atoms with E-state index in [9.17, 15) is 13.2 Å². The summed E-state index contributed by atoms with van der Waals surface area (Å²) in [5.41, 5.74) is 3.66. The number of hydrogen-bond acceptors (Lipinski definition) is 6. The third-order valence-corrected chi connectivity index (χ3v) is 6.04. The number of nitrogens with zero attached hydrogens (tertiary/aromatic N) is 2. The lowest BCUT2D eigenvalue weighted by Crippen LogP contribution is -2.39. The summed E-state index contributed by atoms with van der Waals surface area (Å²) in [5.74, 6) is 0.420. The number of sulfonamides is 1. The lowest BCUT2D eigenvalue weighted by molar-refractivity contribution is -0.119. The van der Waals surface area contributed by atoms with Crippen molar-refractivity contribution in [2.75, 3.05) is 17.5 Å². The maximum absolute atomic E-state index is 13.3. The first-order valence-corrected chi connectivity index (χ1v) is 11.0. The first-order chi connectivity index (χ1) is 14.9. The molecule has 9 heteroatoms. The van der Waals surface area contributed by atoms with E-state index < -0.39 is 22.5 Å². The van der Waals surface area contributed by atoms with E-state index in [1.165, 1.54) is 24.6 Å². The highest BCUT2D eigenvalue weighted by molar-refractivity contribution is 7.92. The molecule has 0 bridgehead atoms. The molecule has 0 fully saturated rings. The predicted molar refractivity (Wildman–Crippen MR) is 118 cm³/mol. The van der Waals surface area contributed by atoms with Crippen molar-refractivity contribution in [3.63, 3.8) is 0 Å². The van der Waals surface area contributed by atoms with Crippen LogP contribution >= 0.6 is 0 Å². The van der Waals surface area contributed by atoms with Gasteiger partial charge in [0.1, 0.15) is 18.1 Å². The second-order valence-electron chi connectivity index (χ2n) is 6.56. The van der Waals surface area contributed by atoms with E-state index in [1.807, 2.05) is 13.8 Å². The Morgan fingerprint density at radius 1 is 1.13 bits per heavy atom. The number of ether oxygens (including phenoxy) is 1. The smallest absolute Gasteiger partial charge is 0.264 e. The summed E-state index contributed by atoms with van der Waals surface area (Å²) >= 11 is 0. The van der Waals surface area contributed by atoms with Gasteiger partial charge in [-0.15, -0.1) is 0 Å². The van der Waals surface area contributed by atoms with Gasteiger partial charge in [-0.3, -0.25) is 9.10 Å². The molecule has 0 radical (unpaired) electrons. The Hall–Kier alpha value is -3.59. The molecule has 1 amide bonds. The fraction of sp³-hybridized carbons (Fsp3) is 0.182. The molecule has 0 unspecified atom stereocenters. The van der Waals surface area contributed by atoms with E-state index in [2.05, 4.69) is 10.5 Å². The highest BCUT2D eigenvalue weighted by Gasteiger charge is 2.27. The Morgan fingerprint density at radius 2 is 1.84 bits per heavy atom. The standard InChI is InChI=1S/C22H23N3O5S/c1-3-29-19-10-12-21(13-11-19)31(27,28)25(18-8-6-17(2)7-9-18)16-22(26)24-23-15-20-5-4-14-30-20/h4-15H,3,16H2,1-2H3,(H,24,26)/b23-15+. The number of hydrazone groups is 1. The molecule has 8 nitrogen and oxygen atoms in total. The van der Waals surface area contributed by atoms with Crippen LogP contribution in [-0.4, -0.2) is 33.7 Å². The number of furan rings is 1. The monoisotopic (exact) mass is 441 g/mol. The molecule has 0 atom stereocenters. The average molecular weight is 442 g/mol. The molecule has 162 valence electrons. The molecule has 0 saturated heterocycles. The number of anilines is 1. The topological polar surface area (TPSA) is 101 Å². The van der Waals surface area contributed by atoms with Crippen LogP contribution < -0.4 is 14.5 Å². The normalized spacial score (nSPS) is 11.4. The molecule has 0 aliphatic rings. The molecule has 0 saturated carbocycles. The minimum Gasteiger partial charge on any atom is -0.494 e. The second-order valence-corrected chi connectivity index (χ2v) is 8.42. The molecule has 3 aromatic rings. The zero-order valence-electron chi connectivity index (χ0n) is 17.2. The summed E-state index contributed by atoms with van der Waals surface area (Å²) in [5, 5.41) is 3.81. The van der Waals surface area contributed by atoms with E-state index in [-0.39, 0.29) is 4.90 Å². The van der Waals surface area contributed by atoms with Crippen molar-refractivity contribution in [1.29, 1.82) is 0 Å². The fourth-order valence-electron chi connectivity index (χ4n) is 2.73. The highest BCUT2D eigenvalue weighted by atomic mass is 32.2. The van der Waals surface area contributed by atoms with E-state index in [0.717, 1.165) is 9.87 Å². The maximum Gasteiger partial charge on any atom is 0.264 e. The van der Waals surface area contributed by atoms with Gasteiger partial charge in [0.2, 0.25) is 0 Å². The van der Waals surface area contributed by atoms with E-state index >= 15 is 0 Å². The van der Waals surface area contributed by atoms with Gasteiger partial charge in [-0.1, -0.05) is 17.7 Å². The van der Waals surface area contributed by atoms with Gasteiger partial charge in [0.05, 0.1) is 29.7 Å². The largest absolute Gasteiger partial charge is 0.494 e. The zero-order chi connectivity index (χ0) is 22.3. The molecule has 1 aromatic heterocycles. The number of aryl methyl sites for hydroxylation is 1. The molecule has 31 heavy (non-hydrogen) atoms. The molecule has 1 heterocycles. The van der Waals surface area contributed by atoms with Crippen LogP contribution in [0.1, 0.15) is 18.2 Å². The van der Waals surface area contributed by atoms with Crippen LogP contribution in [0, 0.1) is 6.92 Å². The third kappa shape index (κ3) is 5.73. The quantitative estimate of drug-likeness (QED) is 0.405. The minimum absolute atomic E-state index is 0.0448. The van der Waals surface area contributed by atoms with Crippen molar-refractivity contribution in [3.05, 3.63) is 78.3 Å². The number of rotatable bonds is 9. The van der Waals surface area contributed by atoms with Crippen LogP contribution in [-0.2, 0) is 14.8 Å². The van der Waals surface area contributed by atoms with Gasteiger partial charge >= 0.3 is 0 Å². The van der Waals surface area contributed by atoms with Gasteiger partial charge in [-0.2, -0.15) is 5.10 Å². The summed E-state index contributed by atoms with van der Waals surface area (Å²) in [4.78, 5) is 12.5. The van der Waals surface area contributed by atoms with Gasteiger partial charge in [0.25, 0.3) is 15.9 Å².